The molecule has 0 saturated heterocycles. The number of hydrogen-bond donors (Lipinski definition) is 2. The summed E-state index contributed by atoms with van der Waals surface area (Å²) >= 11 is 0. The first-order valence-electron chi connectivity index (χ1n) is 5.34. The number of nitrogens with one attached hydrogen (secondary N) is 2. The third-order valence-corrected chi connectivity index (χ3v) is 2.36. The highest BCUT2D eigenvalue weighted by molar-refractivity contribution is 6.01. The minimum atomic E-state index is -0.336. The van der Waals surface area contributed by atoms with E-state index in [4.69, 9.17) is 0 Å². The molecular weight excluding hydrogens is 218 g/mol. The van der Waals surface area contributed by atoms with E-state index >= 15 is 0 Å². The monoisotopic (exact) mass is 231 g/mol. The molecule has 0 bridgehead atoms. The molecule has 0 fully saturated rings. The van der Waals surface area contributed by atoms with E-state index in [1.807, 2.05) is 19.9 Å². The summed E-state index contributed by atoms with van der Waals surface area (Å²) in [6, 6.07) is 1.82. The predicted octanol–water partition coefficient (Wildman–Crippen LogP) is 1.32. The number of aromatic amines is 1. The van der Waals surface area contributed by atoms with Crippen molar-refractivity contribution in [2.75, 3.05) is 5.32 Å². The SMILES string of the molecule is CCc1nc(C(=O)Nc2cnccc2C)n[nH]1. The Morgan fingerprint density at radius 3 is 3.00 bits per heavy atom. The van der Waals surface area contributed by atoms with Crippen molar-refractivity contribution in [1.82, 2.24) is 20.2 Å². The molecule has 0 saturated carbocycles. The zero-order valence-corrected chi connectivity index (χ0v) is 9.69. The molecule has 6 nitrogen and oxygen atoms in total. The number of nitrogens with zero attached hydrogens (tertiary/aromatic N) is 3. The van der Waals surface area contributed by atoms with E-state index in [-0.39, 0.29) is 11.7 Å². The summed E-state index contributed by atoms with van der Waals surface area (Å²) < 4.78 is 0. The summed E-state index contributed by atoms with van der Waals surface area (Å²) in [6.07, 6.45) is 3.99. The van der Waals surface area contributed by atoms with Crippen molar-refractivity contribution in [3.8, 4) is 0 Å². The van der Waals surface area contributed by atoms with Crippen molar-refractivity contribution in [3.63, 3.8) is 0 Å². The Labute approximate surface area is 98.5 Å². The Morgan fingerprint density at radius 1 is 1.53 bits per heavy atom. The second kappa shape index (κ2) is 4.73. The number of hydrogen-bond acceptors (Lipinski definition) is 4. The molecule has 2 aromatic heterocycles. The van der Waals surface area contributed by atoms with Gasteiger partial charge in [0.1, 0.15) is 5.82 Å². The van der Waals surface area contributed by atoms with Gasteiger partial charge in [-0.25, -0.2) is 4.98 Å². The van der Waals surface area contributed by atoms with Gasteiger partial charge in [0.25, 0.3) is 5.91 Å². The van der Waals surface area contributed by atoms with Crippen LogP contribution in [0.5, 0.6) is 0 Å². The van der Waals surface area contributed by atoms with E-state index in [0.29, 0.717) is 17.9 Å². The van der Waals surface area contributed by atoms with Gasteiger partial charge < -0.3 is 5.32 Å². The van der Waals surface area contributed by atoms with E-state index in [0.717, 1.165) is 5.56 Å². The number of aryl methyl sites for hydroxylation is 2. The maximum Gasteiger partial charge on any atom is 0.295 e. The summed E-state index contributed by atoms with van der Waals surface area (Å²) in [7, 11) is 0. The average molecular weight is 231 g/mol. The molecule has 0 aliphatic carbocycles. The van der Waals surface area contributed by atoms with Crippen LogP contribution >= 0.6 is 0 Å². The van der Waals surface area contributed by atoms with Crippen molar-refractivity contribution in [3.05, 3.63) is 35.7 Å². The van der Waals surface area contributed by atoms with Crippen molar-refractivity contribution in [2.45, 2.75) is 20.3 Å². The number of carbonyl (C=O) groups excluding carboxylic acids is 1. The summed E-state index contributed by atoms with van der Waals surface area (Å²) in [4.78, 5) is 19.8. The highest BCUT2D eigenvalue weighted by Gasteiger charge is 2.12. The third-order valence-electron chi connectivity index (χ3n) is 2.36. The maximum atomic E-state index is 11.8. The molecular formula is C11H13N5O. The van der Waals surface area contributed by atoms with Gasteiger partial charge in [0, 0.05) is 12.6 Å². The molecule has 0 radical (unpaired) electrons. The topological polar surface area (TPSA) is 83.6 Å². The zero-order valence-electron chi connectivity index (χ0n) is 9.69. The first kappa shape index (κ1) is 11.3. The summed E-state index contributed by atoms with van der Waals surface area (Å²) in [5.74, 6) is 0.500. The molecule has 2 N–H and O–H groups in total. The van der Waals surface area contributed by atoms with Crippen LogP contribution in [0.25, 0.3) is 0 Å². The van der Waals surface area contributed by atoms with Crippen LogP contribution < -0.4 is 5.32 Å². The fraction of sp³-hybridized carbons (Fsp3) is 0.273. The quantitative estimate of drug-likeness (QED) is 0.834. The first-order chi connectivity index (χ1) is 8.20. The lowest BCUT2D eigenvalue weighted by molar-refractivity contribution is 0.101. The van der Waals surface area contributed by atoms with Crippen LogP contribution in [0.3, 0.4) is 0 Å². The second-order valence-electron chi connectivity index (χ2n) is 3.60. The normalized spacial score (nSPS) is 10.2. The predicted molar refractivity (Wildman–Crippen MR) is 62.7 cm³/mol. The summed E-state index contributed by atoms with van der Waals surface area (Å²) in [5, 5.41) is 9.26. The number of aromatic nitrogens is 4. The van der Waals surface area contributed by atoms with Gasteiger partial charge in [0.05, 0.1) is 11.9 Å². The van der Waals surface area contributed by atoms with Crippen molar-refractivity contribution in [2.24, 2.45) is 0 Å². The van der Waals surface area contributed by atoms with Crippen LogP contribution in [0.2, 0.25) is 0 Å². The van der Waals surface area contributed by atoms with E-state index in [1.165, 1.54) is 0 Å². The minimum absolute atomic E-state index is 0.144. The fourth-order valence-corrected chi connectivity index (χ4v) is 1.33. The number of rotatable bonds is 3. The van der Waals surface area contributed by atoms with E-state index < -0.39 is 0 Å². The van der Waals surface area contributed by atoms with Crippen molar-refractivity contribution in [1.29, 1.82) is 0 Å². The van der Waals surface area contributed by atoms with Crippen molar-refractivity contribution < 1.29 is 4.79 Å². The molecule has 2 aromatic rings. The molecule has 2 heterocycles. The smallest absolute Gasteiger partial charge is 0.295 e. The standard InChI is InChI=1S/C11H13N5O/c1-3-9-14-10(16-15-9)11(17)13-8-6-12-5-4-7(8)2/h4-6H,3H2,1-2H3,(H,13,17)(H,14,15,16). The molecule has 0 spiro atoms. The molecule has 0 atom stereocenters. The van der Waals surface area contributed by atoms with Crippen LogP contribution in [-0.2, 0) is 6.42 Å². The number of carbonyl (C=O) groups is 1. The largest absolute Gasteiger partial charge is 0.318 e. The van der Waals surface area contributed by atoms with Gasteiger partial charge in [-0.3, -0.25) is 14.9 Å². The van der Waals surface area contributed by atoms with E-state index in [1.54, 1.807) is 12.4 Å². The molecule has 1 amide bonds. The van der Waals surface area contributed by atoms with Gasteiger partial charge in [0.15, 0.2) is 0 Å². The average Bonchev–Trinajstić information content (AvgIpc) is 2.81. The fourth-order valence-electron chi connectivity index (χ4n) is 1.33. The molecule has 0 unspecified atom stereocenters. The van der Waals surface area contributed by atoms with Crippen LogP contribution in [0.15, 0.2) is 18.5 Å². The molecule has 17 heavy (non-hydrogen) atoms. The van der Waals surface area contributed by atoms with Crippen molar-refractivity contribution >= 4 is 11.6 Å². The van der Waals surface area contributed by atoms with Crippen LogP contribution in [0, 0.1) is 6.92 Å². The second-order valence-corrected chi connectivity index (χ2v) is 3.60. The summed E-state index contributed by atoms with van der Waals surface area (Å²) in [5.41, 5.74) is 1.61. The number of H-pyrrole nitrogens is 1. The maximum absolute atomic E-state index is 11.8. The minimum Gasteiger partial charge on any atom is -0.318 e. The Kier molecular flexibility index (Phi) is 3.13. The first-order valence-corrected chi connectivity index (χ1v) is 5.34. The molecule has 0 aromatic carbocycles. The van der Waals surface area contributed by atoms with Gasteiger partial charge in [-0.15, -0.1) is 5.10 Å². The van der Waals surface area contributed by atoms with Gasteiger partial charge in [-0.1, -0.05) is 6.92 Å². The molecule has 0 aliphatic rings. The van der Waals surface area contributed by atoms with Gasteiger partial charge in [-0.05, 0) is 18.6 Å². The number of anilines is 1. The lowest BCUT2D eigenvalue weighted by Crippen LogP contribution is -2.14. The highest BCUT2D eigenvalue weighted by Crippen LogP contribution is 2.12. The number of amides is 1. The highest BCUT2D eigenvalue weighted by atomic mass is 16.2. The van der Waals surface area contributed by atoms with Crippen LogP contribution in [-0.4, -0.2) is 26.1 Å². The number of pyridine rings is 1. The lowest BCUT2D eigenvalue weighted by Gasteiger charge is -2.04. The van der Waals surface area contributed by atoms with E-state index in [2.05, 4.69) is 25.5 Å². The van der Waals surface area contributed by atoms with Crippen LogP contribution in [0.1, 0.15) is 28.9 Å². The van der Waals surface area contributed by atoms with Gasteiger partial charge in [-0.2, -0.15) is 0 Å². The molecule has 2 rings (SSSR count). The molecule has 0 aliphatic heterocycles. The Bertz CT molecular complexity index is 534. The Balaban J connectivity index is 2.14. The van der Waals surface area contributed by atoms with E-state index in [9.17, 15) is 4.79 Å². The third kappa shape index (κ3) is 2.47. The molecule has 88 valence electrons. The zero-order chi connectivity index (χ0) is 12.3. The summed E-state index contributed by atoms with van der Waals surface area (Å²) in [6.45, 7) is 3.83. The lowest BCUT2D eigenvalue weighted by atomic mass is 10.2. The molecule has 6 heteroatoms. The van der Waals surface area contributed by atoms with Gasteiger partial charge in [0.2, 0.25) is 5.82 Å². The Morgan fingerprint density at radius 2 is 2.35 bits per heavy atom. The Hall–Kier alpha value is -2.24. The van der Waals surface area contributed by atoms with Crippen LogP contribution in [0.4, 0.5) is 5.69 Å². The van der Waals surface area contributed by atoms with Gasteiger partial charge >= 0.3 is 0 Å².